The highest BCUT2D eigenvalue weighted by molar-refractivity contribution is 7.99. The summed E-state index contributed by atoms with van der Waals surface area (Å²) in [6.45, 7) is 0. The van der Waals surface area contributed by atoms with Gasteiger partial charge in [0, 0.05) is 11.1 Å². The van der Waals surface area contributed by atoms with Crippen molar-refractivity contribution in [2.45, 2.75) is 10.3 Å². The summed E-state index contributed by atoms with van der Waals surface area (Å²) in [6.07, 6.45) is 2.02. The molecular weight excluding hydrogens is 300 g/mol. The van der Waals surface area contributed by atoms with Gasteiger partial charge in [0.15, 0.2) is 0 Å². The van der Waals surface area contributed by atoms with Gasteiger partial charge in [-0.3, -0.25) is 4.79 Å². The Labute approximate surface area is 130 Å². The van der Waals surface area contributed by atoms with Crippen molar-refractivity contribution in [2.24, 2.45) is 0 Å². The number of nitrogens with one attached hydrogen (secondary N) is 1. The second kappa shape index (κ2) is 5.09. The molecule has 1 N–H and O–H groups in total. The number of fused-ring (bicyclic) bond motifs is 3. The van der Waals surface area contributed by atoms with Crippen LogP contribution in [0.15, 0.2) is 65.0 Å². The van der Waals surface area contributed by atoms with Crippen molar-refractivity contribution >= 4 is 29.0 Å². The molecule has 1 unspecified atom stereocenters. The van der Waals surface area contributed by atoms with Gasteiger partial charge >= 0.3 is 0 Å². The van der Waals surface area contributed by atoms with Crippen LogP contribution in [-0.2, 0) is 0 Å². The van der Waals surface area contributed by atoms with Crippen molar-refractivity contribution < 1.29 is 4.79 Å². The zero-order valence-electron chi connectivity index (χ0n) is 11.0. The Hall–Kier alpha value is -1.98. The van der Waals surface area contributed by atoms with Crippen LogP contribution in [0.25, 0.3) is 5.00 Å². The van der Waals surface area contributed by atoms with Gasteiger partial charge in [-0.15, -0.1) is 11.3 Å². The van der Waals surface area contributed by atoms with E-state index in [1.807, 2.05) is 41.9 Å². The second-order valence-electron chi connectivity index (χ2n) is 4.73. The van der Waals surface area contributed by atoms with E-state index in [0.717, 1.165) is 21.2 Å². The van der Waals surface area contributed by atoms with E-state index in [1.54, 1.807) is 23.1 Å². The van der Waals surface area contributed by atoms with Gasteiger partial charge in [-0.1, -0.05) is 30.0 Å². The first-order valence-electron chi connectivity index (χ1n) is 6.60. The average molecular weight is 312 g/mol. The zero-order valence-corrected chi connectivity index (χ0v) is 12.7. The summed E-state index contributed by atoms with van der Waals surface area (Å²) < 4.78 is 2.11. The Morgan fingerprint density at radius 3 is 2.81 bits per heavy atom. The van der Waals surface area contributed by atoms with Gasteiger partial charge in [0.05, 0.1) is 11.3 Å². The molecule has 2 aromatic heterocycles. The minimum absolute atomic E-state index is 0.0108. The number of aromatic nitrogens is 1. The first kappa shape index (κ1) is 12.7. The highest BCUT2D eigenvalue weighted by atomic mass is 32.2. The maximum atomic E-state index is 12.4. The summed E-state index contributed by atoms with van der Waals surface area (Å²) in [5, 5.41) is 5.98. The van der Waals surface area contributed by atoms with Crippen LogP contribution in [0.2, 0.25) is 0 Å². The first-order chi connectivity index (χ1) is 10.3. The van der Waals surface area contributed by atoms with E-state index in [4.69, 9.17) is 0 Å². The van der Waals surface area contributed by atoms with Gasteiger partial charge in [-0.2, -0.15) is 0 Å². The standard InChI is InChI=1S/C16H12N2OS2/c19-14-12-8-10-20-16(12)18-9-4-7-13(18)15(17-14)21-11-5-2-1-3-6-11/h1-10,15H,(H,17,19). The normalized spacial score (nSPS) is 16.8. The molecule has 1 aliphatic heterocycles. The van der Waals surface area contributed by atoms with Crippen LogP contribution >= 0.6 is 23.1 Å². The Morgan fingerprint density at radius 2 is 1.95 bits per heavy atom. The van der Waals surface area contributed by atoms with Gasteiger partial charge in [0.2, 0.25) is 0 Å². The number of carbonyl (C=O) groups excluding carboxylic acids is 1. The lowest BCUT2D eigenvalue weighted by Gasteiger charge is -2.16. The summed E-state index contributed by atoms with van der Waals surface area (Å²) in [7, 11) is 0. The number of nitrogens with zero attached hydrogens (tertiary/aromatic N) is 1. The number of thioether (sulfide) groups is 1. The van der Waals surface area contributed by atoms with Crippen molar-refractivity contribution in [1.29, 1.82) is 0 Å². The number of hydrogen-bond donors (Lipinski definition) is 1. The van der Waals surface area contributed by atoms with Crippen molar-refractivity contribution in [2.75, 3.05) is 0 Å². The molecule has 3 nitrogen and oxygen atoms in total. The molecule has 104 valence electrons. The van der Waals surface area contributed by atoms with Crippen molar-refractivity contribution in [3.8, 4) is 5.00 Å². The molecule has 1 amide bonds. The van der Waals surface area contributed by atoms with Crippen LogP contribution in [0.4, 0.5) is 0 Å². The molecule has 0 radical (unpaired) electrons. The van der Waals surface area contributed by atoms with Crippen LogP contribution < -0.4 is 5.32 Å². The molecule has 0 saturated carbocycles. The Morgan fingerprint density at radius 1 is 1.10 bits per heavy atom. The summed E-state index contributed by atoms with van der Waals surface area (Å²) in [4.78, 5) is 13.5. The summed E-state index contributed by atoms with van der Waals surface area (Å²) >= 11 is 3.25. The van der Waals surface area contributed by atoms with Crippen molar-refractivity contribution in [3.63, 3.8) is 0 Å². The van der Waals surface area contributed by atoms with Gasteiger partial charge in [0.1, 0.15) is 10.4 Å². The number of carbonyl (C=O) groups is 1. The third-order valence-corrected chi connectivity index (χ3v) is 5.47. The van der Waals surface area contributed by atoms with E-state index in [0.29, 0.717) is 0 Å². The average Bonchev–Trinajstić information content (AvgIpc) is 3.14. The smallest absolute Gasteiger partial charge is 0.255 e. The third-order valence-electron chi connectivity index (χ3n) is 3.42. The molecular formula is C16H12N2OS2. The predicted molar refractivity (Wildman–Crippen MR) is 86.2 cm³/mol. The number of thiophene rings is 1. The zero-order chi connectivity index (χ0) is 14.2. The van der Waals surface area contributed by atoms with E-state index in [9.17, 15) is 4.79 Å². The fourth-order valence-corrected chi connectivity index (χ4v) is 4.41. The lowest BCUT2D eigenvalue weighted by atomic mass is 10.3. The molecule has 5 heteroatoms. The van der Waals surface area contributed by atoms with E-state index in [2.05, 4.69) is 28.1 Å². The van der Waals surface area contributed by atoms with Gasteiger partial charge < -0.3 is 9.88 Å². The van der Waals surface area contributed by atoms with Crippen LogP contribution in [0, 0.1) is 0 Å². The van der Waals surface area contributed by atoms with Crippen molar-refractivity contribution in [3.05, 3.63) is 71.4 Å². The molecule has 0 aliphatic carbocycles. The number of amides is 1. The Bertz CT molecular complexity index is 791. The minimum atomic E-state index is -0.0884. The largest absolute Gasteiger partial charge is 0.334 e. The lowest BCUT2D eigenvalue weighted by Crippen LogP contribution is -2.25. The van der Waals surface area contributed by atoms with Crippen LogP contribution in [-0.4, -0.2) is 10.5 Å². The third kappa shape index (κ3) is 2.18. The first-order valence-corrected chi connectivity index (χ1v) is 8.36. The fraction of sp³-hybridized carbons (Fsp3) is 0.0625. The lowest BCUT2D eigenvalue weighted by molar-refractivity contribution is 0.0952. The molecule has 0 spiro atoms. The molecule has 1 aliphatic rings. The molecule has 1 atom stereocenters. The maximum absolute atomic E-state index is 12.4. The molecule has 0 saturated heterocycles. The molecule has 3 heterocycles. The predicted octanol–water partition coefficient (Wildman–Crippen LogP) is 4.07. The molecule has 0 fully saturated rings. The van der Waals surface area contributed by atoms with Gasteiger partial charge in [-0.25, -0.2) is 0 Å². The molecule has 4 rings (SSSR count). The summed E-state index contributed by atoms with van der Waals surface area (Å²) in [6, 6.07) is 16.1. The van der Waals surface area contributed by atoms with E-state index < -0.39 is 0 Å². The van der Waals surface area contributed by atoms with E-state index in [1.165, 1.54) is 0 Å². The minimum Gasteiger partial charge on any atom is -0.334 e. The van der Waals surface area contributed by atoms with Crippen LogP contribution in [0.1, 0.15) is 21.4 Å². The number of rotatable bonds is 2. The topological polar surface area (TPSA) is 34.0 Å². The van der Waals surface area contributed by atoms with Crippen molar-refractivity contribution in [1.82, 2.24) is 9.88 Å². The SMILES string of the molecule is O=C1NC(Sc2ccccc2)c2cccn2-c2sccc21. The molecule has 0 bridgehead atoms. The highest BCUT2D eigenvalue weighted by Gasteiger charge is 2.27. The van der Waals surface area contributed by atoms with E-state index in [-0.39, 0.29) is 11.3 Å². The summed E-state index contributed by atoms with van der Waals surface area (Å²) in [5.41, 5.74) is 1.84. The molecule has 3 aromatic rings. The summed E-state index contributed by atoms with van der Waals surface area (Å²) in [5.74, 6) is -0.0108. The van der Waals surface area contributed by atoms with Crippen LogP contribution in [0.5, 0.6) is 0 Å². The van der Waals surface area contributed by atoms with E-state index >= 15 is 0 Å². The fourth-order valence-electron chi connectivity index (χ4n) is 2.45. The Kier molecular flexibility index (Phi) is 3.09. The van der Waals surface area contributed by atoms with Gasteiger partial charge in [-0.05, 0) is 35.7 Å². The maximum Gasteiger partial charge on any atom is 0.255 e. The number of benzene rings is 1. The second-order valence-corrected chi connectivity index (χ2v) is 6.80. The highest BCUT2D eigenvalue weighted by Crippen LogP contribution is 2.38. The van der Waals surface area contributed by atoms with Gasteiger partial charge in [0.25, 0.3) is 5.91 Å². The number of hydrogen-bond acceptors (Lipinski definition) is 3. The quantitative estimate of drug-likeness (QED) is 0.774. The molecule has 1 aromatic carbocycles. The van der Waals surface area contributed by atoms with Crippen LogP contribution in [0.3, 0.4) is 0 Å². The Balaban J connectivity index is 1.77. The molecule has 21 heavy (non-hydrogen) atoms. The monoisotopic (exact) mass is 312 g/mol.